The lowest BCUT2D eigenvalue weighted by molar-refractivity contribution is -0.120. The number of nitrogens with one attached hydrogen (secondary N) is 1. The van der Waals surface area contributed by atoms with Crippen molar-refractivity contribution in [2.45, 2.75) is 0 Å². The lowest BCUT2D eigenvalue weighted by Crippen LogP contribution is -2.20. The molecule has 0 bridgehead atoms. The first kappa shape index (κ1) is 15.5. The van der Waals surface area contributed by atoms with Gasteiger partial charge in [-0.2, -0.15) is 5.26 Å². The molecule has 0 saturated carbocycles. The fourth-order valence-electron chi connectivity index (χ4n) is 1.76. The number of carbonyl (C=O) groups excluding carboxylic acids is 1. The molecule has 0 unspecified atom stereocenters. The van der Waals surface area contributed by atoms with Crippen LogP contribution in [-0.4, -0.2) is 25.7 Å². The predicted octanol–water partition coefficient (Wildman–Crippen LogP) is 2.59. The van der Waals surface area contributed by atoms with E-state index in [9.17, 15) is 4.79 Å². The fourth-order valence-corrected chi connectivity index (χ4v) is 1.76. The van der Waals surface area contributed by atoms with Gasteiger partial charge in [0.15, 0.2) is 0 Å². The second-order valence-corrected chi connectivity index (χ2v) is 4.45. The summed E-state index contributed by atoms with van der Waals surface area (Å²) in [6, 6.07) is 18.1. The number of anilines is 1. The first-order chi connectivity index (χ1) is 10.8. The van der Waals surface area contributed by atoms with E-state index in [2.05, 4.69) is 5.32 Å². The number of rotatable bonds is 7. The van der Waals surface area contributed by atoms with E-state index >= 15 is 0 Å². The second-order valence-electron chi connectivity index (χ2n) is 4.45. The molecule has 2 aromatic rings. The Bertz CT molecular complexity index is 650. The molecule has 22 heavy (non-hydrogen) atoms. The summed E-state index contributed by atoms with van der Waals surface area (Å²) in [6.07, 6.45) is 0. The third kappa shape index (κ3) is 5.27. The monoisotopic (exact) mass is 296 g/mol. The molecule has 0 aliphatic rings. The highest BCUT2D eigenvalue weighted by molar-refractivity contribution is 5.91. The van der Waals surface area contributed by atoms with Gasteiger partial charge in [0.05, 0.1) is 18.2 Å². The molecule has 2 aromatic carbocycles. The van der Waals surface area contributed by atoms with Gasteiger partial charge in [-0.25, -0.2) is 0 Å². The van der Waals surface area contributed by atoms with Crippen LogP contribution in [0.5, 0.6) is 5.75 Å². The minimum atomic E-state index is -0.269. The van der Waals surface area contributed by atoms with Crippen LogP contribution in [0.25, 0.3) is 0 Å². The standard InChI is InChI=1S/C17H16N2O3/c18-12-14-5-4-6-15(11-14)19-17(20)13-21-9-10-22-16-7-2-1-3-8-16/h1-8,11H,9-10,13H2,(H,19,20). The molecular formula is C17H16N2O3. The van der Waals surface area contributed by atoms with Crippen LogP contribution in [0.2, 0.25) is 0 Å². The van der Waals surface area contributed by atoms with Crippen molar-refractivity contribution < 1.29 is 14.3 Å². The molecule has 0 aliphatic carbocycles. The molecule has 0 radical (unpaired) electrons. The lowest BCUT2D eigenvalue weighted by Gasteiger charge is -2.08. The summed E-state index contributed by atoms with van der Waals surface area (Å²) in [5, 5.41) is 11.5. The zero-order valence-corrected chi connectivity index (χ0v) is 12.0. The summed E-state index contributed by atoms with van der Waals surface area (Å²) < 4.78 is 10.7. The summed E-state index contributed by atoms with van der Waals surface area (Å²) in [4.78, 5) is 11.7. The van der Waals surface area contributed by atoms with Crippen molar-refractivity contribution in [2.24, 2.45) is 0 Å². The molecule has 2 rings (SSSR count). The van der Waals surface area contributed by atoms with Gasteiger partial charge in [0, 0.05) is 5.69 Å². The Hall–Kier alpha value is -2.84. The number of carbonyl (C=O) groups is 1. The first-order valence-electron chi connectivity index (χ1n) is 6.83. The Morgan fingerprint density at radius 3 is 2.68 bits per heavy atom. The summed E-state index contributed by atoms with van der Waals surface area (Å²) >= 11 is 0. The number of nitrogens with zero attached hydrogens (tertiary/aromatic N) is 1. The lowest BCUT2D eigenvalue weighted by atomic mass is 10.2. The molecule has 0 spiro atoms. The molecule has 1 N–H and O–H groups in total. The highest BCUT2D eigenvalue weighted by Gasteiger charge is 2.03. The number of para-hydroxylation sites is 1. The summed E-state index contributed by atoms with van der Waals surface area (Å²) in [5.41, 5.74) is 1.07. The maximum atomic E-state index is 11.7. The Morgan fingerprint density at radius 2 is 1.91 bits per heavy atom. The molecule has 1 amide bonds. The van der Waals surface area contributed by atoms with E-state index in [1.165, 1.54) is 0 Å². The van der Waals surface area contributed by atoms with Crippen LogP contribution in [0.1, 0.15) is 5.56 Å². The molecular weight excluding hydrogens is 280 g/mol. The number of hydrogen-bond donors (Lipinski definition) is 1. The van der Waals surface area contributed by atoms with Crippen LogP contribution in [0.3, 0.4) is 0 Å². The van der Waals surface area contributed by atoms with Gasteiger partial charge in [0.1, 0.15) is 19.0 Å². The Labute approximate surface area is 129 Å². The highest BCUT2D eigenvalue weighted by Crippen LogP contribution is 2.09. The second kappa shape index (κ2) is 8.45. The van der Waals surface area contributed by atoms with Gasteiger partial charge >= 0.3 is 0 Å². The largest absolute Gasteiger partial charge is 0.491 e. The smallest absolute Gasteiger partial charge is 0.250 e. The maximum absolute atomic E-state index is 11.7. The van der Waals surface area contributed by atoms with Gasteiger partial charge in [0.25, 0.3) is 0 Å². The van der Waals surface area contributed by atoms with Crippen molar-refractivity contribution in [1.82, 2.24) is 0 Å². The van der Waals surface area contributed by atoms with E-state index in [0.717, 1.165) is 5.75 Å². The van der Waals surface area contributed by atoms with E-state index in [-0.39, 0.29) is 12.5 Å². The van der Waals surface area contributed by atoms with Crippen LogP contribution in [0.15, 0.2) is 54.6 Å². The van der Waals surface area contributed by atoms with Crippen molar-refractivity contribution >= 4 is 11.6 Å². The van der Waals surface area contributed by atoms with E-state index in [4.69, 9.17) is 14.7 Å². The Morgan fingerprint density at radius 1 is 1.09 bits per heavy atom. The van der Waals surface area contributed by atoms with Crippen LogP contribution in [0, 0.1) is 11.3 Å². The normalized spacial score (nSPS) is 9.77. The molecule has 0 atom stereocenters. The molecule has 112 valence electrons. The Balaban J connectivity index is 1.64. The van der Waals surface area contributed by atoms with Crippen LogP contribution >= 0.6 is 0 Å². The van der Waals surface area contributed by atoms with E-state index in [1.807, 2.05) is 36.4 Å². The summed E-state index contributed by atoms with van der Waals surface area (Å²) in [5.74, 6) is 0.499. The van der Waals surface area contributed by atoms with Crippen molar-refractivity contribution in [3.63, 3.8) is 0 Å². The number of nitriles is 1. The van der Waals surface area contributed by atoms with Gasteiger partial charge in [0.2, 0.25) is 5.91 Å². The average Bonchev–Trinajstić information content (AvgIpc) is 2.55. The number of amides is 1. The quantitative estimate of drug-likeness (QED) is 0.797. The molecule has 0 fully saturated rings. The molecule has 0 saturated heterocycles. The van der Waals surface area contributed by atoms with E-state index in [1.54, 1.807) is 24.3 Å². The third-order valence-corrected chi connectivity index (χ3v) is 2.75. The third-order valence-electron chi connectivity index (χ3n) is 2.75. The molecule has 5 heteroatoms. The first-order valence-corrected chi connectivity index (χ1v) is 6.83. The van der Waals surface area contributed by atoms with Crippen LogP contribution < -0.4 is 10.1 Å². The van der Waals surface area contributed by atoms with Gasteiger partial charge in [-0.15, -0.1) is 0 Å². The number of ether oxygens (including phenoxy) is 2. The van der Waals surface area contributed by atoms with Gasteiger partial charge in [-0.1, -0.05) is 24.3 Å². The highest BCUT2D eigenvalue weighted by atomic mass is 16.5. The predicted molar refractivity (Wildman–Crippen MR) is 82.5 cm³/mol. The zero-order chi connectivity index (χ0) is 15.6. The molecule has 5 nitrogen and oxygen atoms in total. The van der Waals surface area contributed by atoms with Gasteiger partial charge in [-0.05, 0) is 30.3 Å². The SMILES string of the molecule is N#Cc1cccc(NC(=O)COCCOc2ccccc2)c1. The van der Waals surface area contributed by atoms with E-state index < -0.39 is 0 Å². The van der Waals surface area contributed by atoms with Crippen molar-refractivity contribution in [3.8, 4) is 11.8 Å². The maximum Gasteiger partial charge on any atom is 0.250 e. The number of hydrogen-bond acceptors (Lipinski definition) is 4. The van der Waals surface area contributed by atoms with Crippen molar-refractivity contribution in [3.05, 3.63) is 60.2 Å². The van der Waals surface area contributed by atoms with Crippen LogP contribution in [0.4, 0.5) is 5.69 Å². The van der Waals surface area contributed by atoms with Crippen molar-refractivity contribution in [2.75, 3.05) is 25.1 Å². The summed E-state index contributed by atoms with van der Waals surface area (Å²) in [7, 11) is 0. The molecule has 0 aliphatic heterocycles. The van der Waals surface area contributed by atoms with Crippen LogP contribution in [-0.2, 0) is 9.53 Å². The number of benzene rings is 2. The summed E-state index contributed by atoms with van der Waals surface area (Å²) in [6.45, 7) is 0.636. The zero-order valence-electron chi connectivity index (χ0n) is 12.0. The minimum Gasteiger partial charge on any atom is -0.491 e. The Kier molecular flexibility index (Phi) is 5.97. The van der Waals surface area contributed by atoms with Gasteiger partial charge in [-0.3, -0.25) is 4.79 Å². The van der Waals surface area contributed by atoms with E-state index in [0.29, 0.717) is 24.5 Å². The fraction of sp³-hybridized carbons (Fsp3) is 0.176. The minimum absolute atomic E-state index is 0.0606. The van der Waals surface area contributed by atoms with Gasteiger partial charge < -0.3 is 14.8 Å². The topological polar surface area (TPSA) is 71.4 Å². The average molecular weight is 296 g/mol. The van der Waals surface area contributed by atoms with Crippen molar-refractivity contribution in [1.29, 1.82) is 5.26 Å². The molecule has 0 aromatic heterocycles. The molecule has 0 heterocycles.